The van der Waals surface area contributed by atoms with Crippen LogP contribution in [0.15, 0.2) is 30.3 Å². The van der Waals surface area contributed by atoms with Crippen LogP contribution in [0.2, 0.25) is 0 Å². The minimum absolute atomic E-state index is 0.190. The molecule has 0 radical (unpaired) electrons. The summed E-state index contributed by atoms with van der Waals surface area (Å²) in [6, 6.07) is 11.4. The van der Waals surface area contributed by atoms with E-state index in [4.69, 9.17) is 4.74 Å². The lowest BCUT2D eigenvalue weighted by atomic mass is 9.78. The van der Waals surface area contributed by atoms with Crippen LogP contribution < -0.4 is 10.6 Å². The van der Waals surface area contributed by atoms with Crippen LogP contribution in [0, 0.1) is 5.41 Å². The first-order chi connectivity index (χ1) is 12.6. The monoisotopic (exact) mass is 359 g/mol. The topological polar surface area (TPSA) is 53.6 Å². The molecule has 1 amide bonds. The van der Waals surface area contributed by atoms with E-state index >= 15 is 0 Å². The van der Waals surface area contributed by atoms with Gasteiger partial charge in [0.25, 0.3) is 0 Å². The summed E-state index contributed by atoms with van der Waals surface area (Å²) in [5.74, 6) is 0.190. The number of rotatable bonds is 6. The second-order valence-electron chi connectivity index (χ2n) is 7.83. The van der Waals surface area contributed by atoms with Crippen LogP contribution in [-0.4, -0.2) is 56.7 Å². The second-order valence-corrected chi connectivity index (χ2v) is 7.83. The molecule has 2 aliphatic rings. The van der Waals surface area contributed by atoms with E-state index in [1.54, 1.807) is 7.11 Å². The molecule has 0 saturated carbocycles. The molecule has 26 heavy (non-hydrogen) atoms. The zero-order valence-electron chi connectivity index (χ0n) is 16.2. The summed E-state index contributed by atoms with van der Waals surface area (Å²) < 4.78 is 5.40. The molecule has 0 bridgehead atoms. The molecular weight excluding hydrogens is 326 g/mol. The number of benzene rings is 1. The number of amides is 1. The van der Waals surface area contributed by atoms with Gasteiger partial charge in [0.2, 0.25) is 5.91 Å². The summed E-state index contributed by atoms with van der Waals surface area (Å²) in [5.41, 5.74) is 1.01. The van der Waals surface area contributed by atoms with E-state index in [-0.39, 0.29) is 17.4 Å². The number of piperidine rings is 2. The first-order valence-corrected chi connectivity index (χ1v) is 9.94. The van der Waals surface area contributed by atoms with E-state index in [0.717, 1.165) is 51.9 Å². The molecule has 2 fully saturated rings. The molecule has 3 rings (SSSR count). The van der Waals surface area contributed by atoms with E-state index in [9.17, 15) is 4.79 Å². The Morgan fingerprint density at radius 2 is 1.92 bits per heavy atom. The SMILES string of the molecule is COCC1(C(=O)NC2CCN(C(C)c3ccccc3)CC2)CCNCC1. The summed E-state index contributed by atoms with van der Waals surface area (Å²) in [7, 11) is 1.69. The maximum Gasteiger partial charge on any atom is 0.228 e. The highest BCUT2D eigenvalue weighted by Gasteiger charge is 2.40. The zero-order chi connectivity index (χ0) is 18.4. The van der Waals surface area contributed by atoms with E-state index in [1.165, 1.54) is 5.56 Å². The Labute approximate surface area is 157 Å². The maximum absolute atomic E-state index is 13.0. The minimum atomic E-state index is -0.353. The third kappa shape index (κ3) is 4.45. The summed E-state index contributed by atoms with van der Waals surface area (Å²) in [4.78, 5) is 15.5. The Bertz CT molecular complexity index is 558. The van der Waals surface area contributed by atoms with Crippen LogP contribution in [0.25, 0.3) is 0 Å². The molecular formula is C21H33N3O2. The van der Waals surface area contributed by atoms with Crippen molar-refractivity contribution in [2.75, 3.05) is 39.9 Å². The van der Waals surface area contributed by atoms with Crippen molar-refractivity contribution in [3.05, 3.63) is 35.9 Å². The number of nitrogens with zero attached hydrogens (tertiary/aromatic N) is 1. The van der Waals surface area contributed by atoms with Crippen LogP contribution in [0.4, 0.5) is 0 Å². The molecule has 0 spiro atoms. The largest absolute Gasteiger partial charge is 0.384 e. The minimum Gasteiger partial charge on any atom is -0.384 e. The fourth-order valence-electron chi connectivity index (χ4n) is 4.33. The van der Waals surface area contributed by atoms with Crippen molar-refractivity contribution in [3.63, 3.8) is 0 Å². The summed E-state index contributed by atoms with van der Waals surface area (Å²) in [6.07, 6.45) is 3.75. The van der Waals surface area contributed by atoms with E-state index in [2.05, 4.69) is 52.8 Å². The highest BCUT2D eigenvalue weighted by molar-refractivity contribution is 5.83. The van der Waals surface area contributed by atoms with Crippen molar-refractivity contribution in [1.29, 1.82) is 0 Å². The molecule has 1 unspecified atom stereocenters. The summed E-state index contributed by atoms with van der Waals surface area (Å²) >= 11 is 0. The standard InChI is InChI=1S/C21H33N3O2/c1-17(18-6-4-3-5-7-18)24-14-8-19(9-15-24)23-20(25)21(16-26-2)10-12-22-13-11-21/h3-7,17,19,22H,8-16H2,1-2H3,(H,23,25). The van der Waals surface area contributed by atoms with Gasteiger partial charge in [0.05, 0.1) is 12.0 Å². The molecule has 0 aromatic heterocycles. The Balaban J connectivity index is 1.52. The normalized spacial score (nSPS) is 22.7. The third-order valence-corrected chi connectivity index (χ3v) is 6.16. The number of hydrogen-bond acceptors (Lipinski definition) is 4. The van der Waals surface area contributed by atoms with Gasteiger partial charge in [-0.05, 0) is 51.3 Å². The van der Waals surface area contributed by atoms with Gasteiger partial charge in [-0.25, -0.2) is 0 Å². The average Bonchev–Trinajstić information content (AvgIpc) is 2.69. The summed E-state index contributed by atoms with van der Waals surface area (Å²) in [5, 5.41) is 6.69. The van der Waals surface area contributed by atoms with E-state index < -0.39 is 0 Å². The number of methoxy groups -OCH3 is 1. The van der Waals surface area contributed by atoms with Gasteiger partial charge in [-0.3, -0.25) is 9.69 Å². The lowest BCUT2D eigenvalue weighted by Crippen LogP contribution is -2.54. The van der Waals surface area contributed by atoms with Crippen LogP contribution in [0.5, 0.6) is 0 Å². The molecule has 1 aromatic carbocycles. The van der Waals surface area contributed by atoms with Crippen molar-refractivity contribution < 1.29 is 9.53 Å². The Hall–Kier alpha value is -1.43. The molecule has 144 valence electrons. The number of carbonyl (C=O) groups excluding carboxylic acids is 1. The molecule has 1 atom stereocenters. The highest BCUT2D eigenvalue weighted by atomic mass is 16.5. The molecule has 5 nitrogen and oxygen atoms in total. The molecule has 2 aliphatic heterocycles. The first kappa shape index (κ1) is 19.3. The van der Waals surface area contributed by atoms with Gasteiger partial charge < -0.3 is 15.4 Å². The zero-order valence-corrected chi connectivity index (χ0v) is 16.2. The molecule has 2 saturated heterocycles. The van der Waals surface area contributed by atoms with Crippen LogP contribution >= 0.6 is 0 Å². The van der Waals surface area contributed by atoms with Crippen molar-refractivity contribution in [2.45, 2.75) is 44.7 Å². The van der Waals surface area contributed by atoms with Gasteiger partial charge >= 0.3 is 0 Å². The van der Waals surface area contributed by atoms with Crippen molar-refractivity contribution in [3.8, 4) is 0 Å². The van der Waals surface area contributed by atoms with Gasteiger partial charge in [0.1, 0.15) is 0 Å². The molecule has 2 N–H and O–H groups in total. The van der Waals surface area contributed by atoms with Crippen molar-refractivity contribution >= 4 is 5.91 Å². The highest BCUT2D eigenvalue weighted by Crippen LogP contribution is 2.30. The second kappa shape index (κ2) is 8.98. The quantitative estimate of drug-likeness (QED) is 0.819. The lowest BCUT2D eigenvalue weighted by molar-refractivity contribution is -0.137. The smallest absolute Gasteiger partial charge is 0.228 e. The third-order valence-electron chi connectivity index (χ3n) is 6.16. The lowest BCUT2D eigenvalue weighted by Gasteiger charge is -2.40. The van der Waals surface area contributed by atoms with Crippen molar-refractivity contribution in [2.24, 2.45) is 5.41 Å². The van der Waals surface area contributed by atoms with E-state index in [0.29, 0.717) is 12.6 Å². The number of carbonyl (C=O) groups is 1. The van der Waals surface area contributed by atoms with Gasteiger partial charge in [-0.15, -0.1) is 0 Å². The van der Waals surface area contributed by atoms with Crippen LogP contribution in [0.1, 0.15) is 44.2 Å². The summed E-state index contributed by atoms with van der Waals surface area (Å²) in [6.45, 7) is 6.63. The number of likely N-dealkylation sites (tertiary alicyclic amines) is 1. The van der Waals surface area contributed by atoms with Crippen molar-refractivity contribution in [1.82, 2.24) is 15.5 Å². The molecule has 1 aromatic rings. The van der Waals surface area contributed by atoms with Gasteiger partial charge in [0.15, 0.2) is 0 Å². The van der Waals surface area contributed by atoms with Gasteiger partial charge in [-0.1, -0.05) is 30.3 Å². The number of hydrogen-bond donors (Lipinski definition) is 2. The van der Waals surface area contributed by atoms with Crippen LogP contribution in [-0.2, 0) is 9.53 Å². The number of ether oxygens (including phenoxy) is 1. The predicted octanol–water partition coefficient (Wildman–Crippen LogP) is 2.34. The van der Waals surface area contributed by atoms with E-state index in [1.807, 2.05) is 0 Å². The Morgan fingerprint density at radius 1 is 1.27 bits per heavy atom. The average molecular weight is 360 g/mol. The molecule has 0 aliphatic carbocycles. The maximum atomic E-state index is 13.0. The number of nitrogens with one attached hydrogen (secondary N) is 2. The first-order valence-electron chi connectivity index (χ1n) is 9.94. The van der Waals surface area contributed by atoms with Gasteiger partial charge in [-0.2, -0.15) is 0 Å². The predicted molar refractivity (Wildman–Crippen MR) is 104 cm³/mol. The fraction of sp³-hybridized carbons (Fsp3) is 0.667. The Morgan fingerprint density at radius 3 is 2.54 bits per heavy atom. The Kier molecular flexibility index (Phi) is 6.68. The molecule has 2 heterocycles. The fourth-order valence-corrected chi connectivity index (χ4v) is 4.33. The molecule has 5 heteroatoms. The van der Waals surface area contributed by atoms with Crippen LogP contribution in [0.3, 0.4) is 0 Å². The van der Waals surface area contributed by atoms with Gasteiger partial charge in [0, 0.05) is 32.3 Å².